The van der Waals surface area contributed by atoms with Crippen molar-refractivity contribution in [3.63, 3.8) is 0 Å². The van der Waals surface area contributed by atoms with Crippen molar-refractivity contribution in [3.05, 3.63) is 35.4 Å². The zero-order chi connectivity index (χ0) is 10.9. The summed E-state index contributed by atoms with van der Waals surface area (Å²) in [6, 6.07) is 8.41. The van der Waals surface area contributed by atoms with E-state index in [1.807, 2.05) is 0 Å². The molecule has 0 amide bonds. The van der Waals surface area contributed by atoms with Crippen LogP contribution >= 0.6 is 15.9 Å². The van der Waals surface area contributed by atoms with Crippen LogP contribution in [0.25, 0.3) is 0 Å². The number of ketones is 1. The molecule has 0 atom stereocenters. The molecule has 0 saturated heterocycles. The van der Waals surface area contributed by atoms with Gasteiger partial charge in [-0.25, -0.2) is 0 Å². The van der Waals surface area contributed by atoms with E-state index in [4.69, 9.17) is 0 Å². The normalized spacial score (nSPS) is 17.5. The topological polar surface area (TPSA) is 17.1 Å². The van der Waals surface area contributed by atoms with E-state index in [1.165, 1.54) is 11.1 Å². The second-order valence-electron chi connectivity index (χ2n) is 4.31. The Hall–Kier alpha value is -0.630. The van der Waals surface area contributed by atoms with Crippen LogP contribution in [0.1, 0.15) is 24.5 Å². The second-order valence-corrected chi connectivity index (χ2v) is 4.87. The number of benzene rings is 1. The van der Waals surface area contributed by atoms with Gasteiger partial charge in [0.25, 0.3) is 0 Å². The molecule has 2 heteroatoms. The molecule has 0 aliphatic heterocycles. The van der Waals surface area contributed by atoms with E-state index in [1.54, 1.807) is 0 Å². The maximum atomic E-state index is 12.0. The molecule has 0 spiro atoms. The van der Waals surface area contributed by atoms with Gasteiger partial charge in [0.2, 0.25) is 0 Å². The Bertz CT molecular complexity index is 359. The minimum atomic E-state index is -0.132. The fourth-order valence-corrected chi connectivity index (χ4v) is 3.07. The second kappa shape index (κ2) is 4.09. The van der Waals surface area contributed by atoms with Crippen LogP contribution in [0.2, 0.25) is 0 Å². The van der Waals surface area contributed by atoms with E-state index in [0.717, 1.165) is 19.3 Å². The minimum absolute atomic E-state index is 0.132. The lowest BCUT2D eigenvalue weighted by atomic mass is 9.78. The molecule has 0 fully saturated rings. The third kappa shape index (κ3) is 1.76. The third-order valence-electron chi connectivity index (χ3n) is 3.57. The Morgan fingerprint density at radius 1 is 1.33 bits per heavy atom. The third-order valence-corrected chi connectivity index (χ3v) is 4.08. The van der Waals surface area contributed by atoms with Crippen LogP contribution in [-0.4, -0.2) is 11.1 Å². The van der Waals surface area contributed by atoms with Gasteiger partial charge < -0.3 is 0 Å². The summed E-state index contributed by atoms with van der Waals surface area (Å²) in [7, 11) is 0. The van der Waals surface area contributed by atoms with Crippen molar-refractivity contribution in [2.75, 3.05) is 5.33 Å². The lowest BCUT2D eigenvalue weighted by Crippen LogP contribution is -2.32. The van der Waals surface area contributed by atoms with E-state index in [0.29, 0.717) is 11.1 Å². The van der Waals surface area contributed by atoms with Gasteiger partial charge in [-0.2, -0.15) is 0 Å². The average molecular weight is 267 g/mol. The Kier molecular flexibility index (Phi) is 2.96. The Morgan fingerprint density at radius 2 is 1.87 bits per heavy atom. The summed E-state index contributed by atoms with van der Waals surface area (Å²) in [5, 5.41) is 0.481. The molecule has 80 valence electrons. The molecule has 1 aromatic rings. The molecular weight excluding hydrogens is 252 g/mol. The predicted octanol–water partition coefficient (Wildman–Crippen LogP) is 3.15. The number of rotatable bonds is 3. The molecule has 1 aliphatic carbocycles. The summed E-state index contributed by atoms with van der Waals surface area (Å²) < 4.78 is 0. The molecule has 1 aromatic carbocycles. The summed E-state index contributed by atoms with van der Waals surface area (Å²) in [6.45, 7) is 2.12. The number of carbonyl (C=O) groups is 1. The van der Waals surface area contributed by atoms with Gasteiger partial charge in [0, 0.05) is 5.41 Å². The number of Topliss-reactive ketones (excluding diaryl/α,β-unsaturated/α-hetero) is 1. The molecule has 1 aliphatic rings. The van der Waals surface area contributed by atoms with E-state index in [2.05, 4.69) is 47.1 Å². The molecule has 0 aromatic heterocycles. The van der Waals surface area contributed by atoms with E-state index in [9.17, 15) is 4.79 Å². The standard InChI is InChI=1S/C13H15BrO/c1-2-13(12(15)9-14)7-10-5-3-4-6-11(10)8-13/h3-6H,2,7-9H2,1H3. The zero-order valence-electron chi connectivity index (χ0n) is 8.92. The van der Waals surface area contributed by atoms with Gasteiger partial charge in [-0.1, -0.05) is 47.1 Å². The number of carbonyl (C=O) groups excluding carboxylic acids is 1. The fourth-order valence-electron chi connectivity index (χ4n) is 2.48. The first-order valence-electron chi connectivity index (χ1n) is 5.38. The predicted molar refractivity (Wildman–Crippen MR) is 65.4 cm³/mol. The highest BCUT2D eigenvalue weighted by Crippen LogP contribution is 2.40. The molecule has 0 radical (unpaired) electrons. The van der Waals surface area contributed by atoms with Gasteiger partial charge in [-0.3, -0.25) is 4.79 Å². The van der Waals surface area contributed by atoms with Crippen LogP contribution < -0.4 is 0 Å². The molecule has 1 nitrogen and oxygen atoms in total. The van der Waals surface area contributed by atoms with Crippen LogP contribution in [0.5, 0.6) is 0 Å². The van der Waals surface area contributed by atoms with Crippen LogP contribution in [0.3, 0.4) is 0 Å². The first-order chi connectivity index (χ1) is 7.22. The molecule has 0 bridgehead atoms. The fraction of sp³-hybridized carbons (Fsp3) is 0.462. The van der Waals surface area contributed by atoms with Gasteiger partial charge in [0.05, 0.1) is 5.33 Å². The molecule has 0 N–H and O–H groups in total. The van der Waals surface area contributed by atoms with Gasteiger partial charge in [0.1, 0.15) is 5.78 Å². The smallest absolute Gasteiger partial charge is 0.150 e. The minimum Gasteiger partial charge on any atom is -0.298 e. The molecule has 15 heavy (non-hydrogen) atoms. The number of halogens is 1. The van der Waals surface area contributed by atoms with Gasteiger partial charge >= 0.3 is 0 Å². The first kappa shape index (κ1) is 10.9. The van der Waals surface area contributed by atoms with Crippen molar-refractivity contribution < 1.29 is 4.79 Å². The Balaban J connectivity index is 2.33. The van der Waals surface area contributed by atoms with Crippen molar-refractivity contribution in [3.8, 4) is 0 Å². The van der Waals surface area contributed by atoms with Gasteiger partial charge in [-0.05, 0) is 30.4 Å². The van der Waals surface area contributed by atoms with E-state index in [-0.39, 0.29) is 5.41 Å². The van der Waals surface area contributed by atoms with Gasteiger partial charge in [-0.15, -0.1) is 0 Å². The first-order valence-corrected chi connectivity index (χ1v) is 6.50. The van der Waals surface area contributed by atoms with Crippen LogP contribution in [0.15, 0.2) is 24.3 Å². The molecule has 0 unspecified atom stereocenters. The number of hydrogen-bond donors (Lipinski definition) is 0. The lowest BCUT2D eigenvalue weighted by molar-refractivity contribution is -0.125. The van der Waals surface area contributed by atoms with Crippen molar-refractivity contribution >= 4 is 21.7 Å². The Morgan fingerprint density at radius 3 is 2.27 bits per heavy atom. The largest absolute Gasteiger partial charge is 0.298 e. The Labute approximate surface area is 99.0 Å². The number of hydrogen-bond acceptors (Lipinski definition) is 1. The summed E-state index contributed by atoms with van der Waals surface area (Å²) >= 11 is 3.30. The van der Waals surface area contributed by atoms with Crippen molar-refractivity contribution in [1.29, 1.82) is 0 Å². The zero-order valence-corrected chi connectivity index (χ0v) is 10.5. The van der Waals surface area contributed by atoms with Crippen molar-refractivity contribution in [1.82, 2.24) is 0 Å². The lowest BCUT2D eigenvalue weighted by Gasteiger charge is -2.24. The molecule has 0 heterocycles. The summed E-state index contributed by atoms with van der Waals surface area (Å²) in [5.74, 6) is 0.348. The summed E-state index contributed by atoms with van der Waals surface area (Å²) in [5.41, 5.74) is 2.58. The average Bonchev–Trinajstić information content (AvgIpc) is 2.67. The van der Waals surface area contributed by atoms with Crippen LogP contribution in [0, 0.1) is 5.41 Å². The highest BCUT2D eigenvalue weighted by atomic mass is 79.9. The number of alkyl halides is 1. The maximum absolute atomic E-state index is 12.0. The molecular formula is C13H15BrO. The SMILES string of the molecule is CCC1(C(=O)CBr)Cc2ccccc2C1. The van der Waals surface area contributed by atoms with Crippen molar-refractivity contribution in [2.45, 2.75) is 26.2 Å². The summed E-state index contributed by atoms with van der Waals surface area (Å²) in [6.07, 6.45) is 2.78. The molecule has 2 rings (SSSR count). The monoisotopic (exact) mass is 266 g/mol. The van der Waals surface area contributed by atoms with E-state index >= 15 is 0 Å². The van der Waals surface area contributed by atoms with Crippen molar-refractivity contribution in [2.24, 2.45) is 5.41 Å². The summed E-state index contributed by atoms with van der Waals surface area (Å²) in [4.78, 5) is 12.0. The van der Waals surface area contributed by atoms with Gasteiger partial charge in [0.15, 0.2) is 0 Å². The van der Waals surface area contributed by atoms with E-state index < -0.39 is 0 Å². The highest BCUT2D eigenvalue weighted by molar-refractivity contribution is 9.09. The molecule has 0 saturated carbocycles. The van der Waals surface area contributed by atoms with Crippen LogP contribution in [-0.2, 0) is 17.6 Å². The highest BCUT2D eigenvalue weighted by Gasteiger charge is 2.40. The maximum Gasteiger partial charge on any atom is 0.150 e. The van der Waals surface area contributed by atoms with Crippen LogP contribution in [0.4, 0.5) is 0 Å². The number of fused-ring (bicyclic) bond motifs is 1. The quantitative estimate of drug-likeness (QED) is 0.769.